The number of hydrogen-bond acceptors (Lipinski definition) is 5. The Kier molecular flexibility index (Phi) is 8.49. The summed E-state index contributed by atoms with van der Waals surface area (Å²) in [5, 5.41) is 9.42. The lowest BCUT2D eigenvalue weighted by Gasteiger charge is -2.16. The Bertz CT molecular complexity index is 688. The van der Waals surface area contributed by atoms with Crippen molar-refractivity contribution in [3.05, 3.63) is 29.8 Å². The summed E-state index contributed by atoms with van der Waals surface area (Å²) >= 11 is 1.92. The van der Waals surface area contributed by atoms with E-state index in [0.29, 0.717) is 31.4 Å². The molecule has 29 heavy (non-hydrogen) atoms. The second-order valence-corrected chi connectivity index (χ2v) is 8.90. The highest BCUT2D eigenvalue weighted by Gasteiger charge is 2.42. The highest BCUT2D eigenvalue weighted by atomic mass is 32.2. The summed E-state index contributed by atoms with van der Waals surface area (Å²) in [5.41, 5.74) is 6.69. The normalized spacial score (nSPS) is 22.7. The zero-order chi connectivity index (χ0) is 20.5. The molecule has 2 fully saturated rings. The summed E-state index contributed by atoms with van der Waals surface area (Å²) < 4.78 is 5.72. The van der Waals surface area contributed by atoms with E-state index in [2.05, 4.69) is 16.0 Å². The summed E-state index contributed by atoms with van der Waals surface area (Å²) in [7, 11) is 0. The zero-order valence-corrected chi connectivity index (χ0v) is 17.6. The fourth-order valence-electron chi connectivity index (χ4n) is 3.77. The van der Waals surface area contributed by atoms with Crippen LogP contribution in [0.2, 0.25) is 0 Å². The number of carbonyl (C=O) groups is 2. The third-order valence-electron chi connectivity index (χ3n) is 5.38. The molecule has 1 aromatic carbocycles. The van der Waals surface area contributed by atoms with E-state index in [-0.39, 0.29) is 24.0 Å². The predicted octanol–water partition coefficient (Wildman–Crippen LogP) is 2.15. The van der Waals surface area contributed by atoms with Crippen molar-refractivity contribution in [2.75, 3.05) is 18.9 Å². The molecule has 0 aromatic heterocycles. The molecule has 2 aliphatic rings. The van der Waals surface area contributed by atoms with E-state index in [1.54, 1.807) is 0 Å². The molecule has 1 aromatic rings. The van der Waals surface area contributed by atoms with Gasteiger partial charge in [0.25, 0.3) is 0 Å². The number of carbonyl (C=O) groups excluding carboxylic acids is 2. The van der Waals surface area contributed by atoms with Gasteiger partial charge in [0, 0.05) is 30.5 Å². The van der Waals surface area contributed by atoms with Gasteiger partial charge in [0.15, 0.2) is 0 Å². The van der Waals surface area contributed by atoms with Gasteiger partial charge in [-0.1, -0.05) is 18.6 Å². The summed E-state index contributed by atoms with van der Waals surface area (Å²) in [6, 6.07) is 8.30. The molecule has 2 aliphatic heterocycles. The summed E-state index contributed by atoms with van der Waals surface area (Å²) in [4.78, 5) is 23.4. The van der Waals surface area contributed by atoms with E-state index in [1.807, 2.05) is 36.0 Å². The van der Waals surface area contributed by atoms with Crippen LogP contribution >= 0.6 is 11.8 Å². The van der Waals surface area contributed by atoms with Crippen molar-refractivity contribution in [3.63, 3.8) is 0 Å². The van der Waals surface area contributed by atoms with Crippen LogP contribution < -0.4 is 26.4 Å². The second kappa shape index (κ2) is 11.3. The molecule has 7 nitrogen and oxygen atoms in total. The highest BCUT2D eigenvalue weighted by molar-refractivity contribution is 8.00. The van der Waals surface area contributed by atoms with Crippen LogP contribution in [0, 0.1) is 0 Å². The number of rotatable bonds is 12. The number of benzene rings is 1. The summed E-state index contributed by atoms with van der Waals surface area (Å²) in [6.45, 7) is 1.83. The molecule has 0 bridgehead atoms. The van der Waals surface area contributed by atoms with Crippen LogP contribution in [0.1, 0.15) is 44.1 Å². The summed E-state index contributed by atoms with van der Waals surface area (Å²) in [5.74, 6) is 1.95. The van der Waals surface area contributed by atoms with Gasteiger partial charge in [-0.15, -0.1) is 0 Å². The van der Waals surface area contributed by atoms with Gasteiger partial charge in [-0.25, -0.2) is 4.79 Å². The van der Waals surface area contributed by atoms with Crippen LogP contribution in [0.3, 0.4) is 0 Å². The van der Waals surface area contributed by atoms with Gasteiger partial charge >= 0.3 is 6.03 Å². The highest BCUT2D eigenvalue weighted by Crippen LogP contribution is 2.33. The maximum Gasteiger partial charge on any atom is 0.315 e. The molecule has 8 heteroatoms. The minimum absolute atomic E-state index is 0.0424. The van der Waals surface area contributed by atoms with E-state index in [1.165, 1.54) is 0 Å². The first kappa shape index (κ1) is 21.8. The average molecular weight is 421 g/mol. The third kappa shape index (κ3) is 6.82. The molecule has 0 aliphatic carbocycles. The van der Waals surface area contributed by atoms with Crippen molar-refractivity contribution in [1.82, 2.24) is 16.0 Å². The largest absolute Gasteiger partial charge is 0.494 e. The monoisotopic (exact) mass is 420 g/mol. The lowest BCUT2D eigenvalue weighted by atomic mass is 10.0. The molecule has 0 spiro atoms. The van der Waals surface area contributed by atoms with Gasteiger partial charge in [0.05, 0.1) is 18.7 Å². The lowest BCUT2D eigenvalue weighted by molar-refractivity contribution is -0.121. The average Bonchev–Trinajstić information content (AvgIpc) is 3.27. The Morgan fingerprint density at radius 2 is 2.14 bits per heavy atom. The molecule has 0 unspecified atom stereocenters. The molecule has 0 saturated carbocycles. The molecule has 160 valence electrons. The Hall–Kier alpha value is -1.93. The summed E-state index contributed by atoms with van der Waals surface area (Å²) in [6.07, 6.45) is 5.31. The molecular weight excluding hydrogens is 388 g/mol. The van der Waals surface area contributed by atoms with Crippen molar-refractivity contribution in [1.29, 1.82) is 0 Å². The number of amides is 3. The zero-order valence-electron chi connectivity index (χ0n) is 16.8. The Labute approximate surface area is 176 Å². The minimum atomic E-state index is -0.0424. The molecule has 2 heterocycles. The van der Waals surface area contributed by atoms with E-state index < -0.39 is 0 Å². The lowest BCUT2D eigenvalue weighted by Crippen LogP contribution is -2.36. The predicted molar refractivity (Wildman–Crippen MR) is 116 cm³/mol. The third-order valence-corrected chi connectivity index (χ3v) is 6.89. The number of unbranched alkanes of at least 4 members (excludes halogenated alkanes) is 2. The van der Waals surface area contributed by atoms with Gasteiger partial charge < -0.3 is 26.4 Å². The topological polar surface area (TPSA) is 105 Å². The number of hydrogen-bond donors (Lipinski definition) is 4. The number of ether oxygens (including phenoxy) is 1. The van der Waals surface area contributed by atoms with Crippen LogP contribution in [0.5, 0.6) is 5.75 Å². The van der Waals surface area contributed by atoms with E-state index in [9.17, 15) is 9.59 Å². The van der Waals surface area contributed by atoms with Crippen LogP contribution in [-0.2, 0) is 11.3 Å². The first-order valence-electron chi connectivity index (χ1n) is 10.5. The van der Waals surface area contributed by atoms with E-state index in [4.69, 9.17) is 10.5 Å². The van der Waals surface area contributed by atoms with Gasteiger partial charge in [0.2, 0.25) is 5.91 Å². The van der Waals surface area contributed by atoms with Crippen molar-refractivity contribution in [3.8, 4) is 5.75 Å². The molecule has 3 atom stereocenters. The van der Waals surface area contributed by atoms with Crippen molar-refractivity contribution >= 4 is 23.7 Å². The van der Waals surface area contributed by atoms with E-state index in [0.717, 1.165) is 49.2 Å². The fourth-order valence-corrected chi connectivity index (χ4v) is 5.31. The molecule has 2 saturated heterocycles. The number of thioether (sulfide) groups is 1. The quantitative estimate of drug-likeness (QED) is 0.306. The van der Waals surface area contributed by atoms with Crippen molar-refractivity contribution in [2.24, 2.45) is 5.73 Å². The Morgan fingerprint density at radius 1 is 1.24 bits per heavy atom. The molecule has 3 amide bonds. The standard InChI is InChI=1S/C21H32N4O3S/c22-13-15-6-5-7-16(12-15)28-11-4-3-10-23-19(26)9-2-1-8-18-20-17(14-29-18)24-21(27)25-20/h5-7,12,17-18,20H,1-4,8-11,13-14,22H2,(H,23,26)(H2,24,25,27)/t17-,18-,20-/m1/s1. The molecule has 5 N–H and O–H groups in total. The van der Waals surface area contributed by atoms with Crippen LogP contribution in [0.25, 0.3) is 0 Å². The van der Waals surface area contributed by atoms with Crippen LogP contribution in [0.15, 0.2) is 24.3 Å². The molecule has 0 radical (unpaired) electrons. The minimum Gasteiger partial charge on any atom is -0.494 e. The van der Waals surface area contributed by atoms with Crippen molar-refractivity contribution in [2.45, 2.75) is 62.4 Å². The van der Waals surface area contributed by atoms with Gasteiger partial charge in [-0.3, -0.25) is 4.79 Å². The number of fused-ring (bicyclic) bond motifs is 1. The fraction of sp³-hybridized carbons (Fsp3) is 0.619. The Balaban J connectivity index is 1.17. The smallest absolute Gasteiger partial charge is 0.315 e. The number of urea groups is 1. The first-order valence-corrected chi connectivity index (χ1v) is 11.6. The number of nitrogens with two attached hydrogens (primary N) is 1. The number of nitrogens with one attached hydrogen (secondary N) is 3. The maximum absolute atomic E-state index is 12.0. The van der Waals surface area contributed by atoms with Crippen molar-refractivity contribution < 1.29 is 14.3 Å². The Morgan fingerprint density at radius 3 is 3.00 bits per heavy atom. The molecule has 3 rings (SSSR count). The SMILES string of the molecule is NCc1cccc(OCCCCNC(=O)CCCC[C@H]2SC[C@H]3NC(=O)N[C@H]32)c1. The van der Waals surface area contributed by atoms with Gasteiger partial charge in [0.1, 0.15) is 5.75 Å². The van der Waals surface area contributed by atoms with Gasteiger partial charge in [-0.05, 0) is 43.4 Å². The second-order valence-electron chi connectivity index (χ2n) is 7.62. The van der Waals surface area contributed by atoms with Gasteiger partial charge in [-0.2, -0.15) is 11.8 Å². The van der Waals surface area contributed by atoms with Crippen LogP contribution in [-0.4, -0.2) is 48.2 Å². The van der Waals surface area contributed by atoms with Crippen LogP contribution in [0.4, 0.5) is 4.79 Å². The molecular formula is C21H32N4O3S. The maximum atomic E-state index is 12.0. The van der Waals surface area contributed by atoms with E-state index >= 15 is 0 Å². The first-order chi connectivity index (χ1) is 14.2.